The number of hydrogen-bond acceptors (Lipinski definition) is 3. The van der Waals surface area contributed by atoms with E-state index in [2.05, 4.69) is 0 Å². The topological polar surface area (TPSA) is 55.6 Å². The van der Waals surface area contributed by atoms with Crippen molar-refractivity contribution in [2.75, 3.05) is 30.9 Å². The molecule has 17 heavy (non-hydrogen) atoms. The number of anilines is 2. The van der Waals surface area contributed by atoms with E-state index in [0.717, 1.165) is 12.1 Å². The van der Waals surface area contributed by atoms with E-state index in [1.54, 1.807) is 24.1 Å². The van der Waals surface area contributed by atoms with Crippen molar-refractivity contribution in [3.05, 3.63) is 24.3 Å². The van der Waals surface area contributed by atoms with E-state index < -0.39 is 0 Å². The van der Waals surface area contributed by atoms with Crippen LogP contribution in [0.25, 0.3) is 0 Å². The molecule has 0 saturated carbocycles. The van der Waals surface area contributed by atoms with Gasteiger partial charge in [-0.05, 0) is 37.6 Å². The largest absolute Gasteiger partial charge is 0.399 e. The molecule has 1 amide bonds. The van der Waals surface area contributed by atoms with Gasteiger partial charge in [0.1, 0.15) is 0 Å². The molecule has 0 bridgehead atoms. The average molecular weight is 236 g/mol. The van der Waals surface area contributed by atoms with Gasteiger partial charge < -0.3 is 15.4 Å². The Kier molecular flexibility index (Phi) is 5.49. The molecule has 0 heterocycles. The number of carbonyl (C=O) groups excluding carboxylic acids is 1. The minimum Gasteiger partial charge on any atom is -0.399 e. The van der Waals surface area contributed by atoms with Crippen LogP contribution in [0.1, 0.15) is 19.8 Å². The number of benzene rings is 1. The van der Waals surface area contributed by atoms with E-state index in [-0.39, 0.29) is 5.91 Å². The van der Waals surface area contributed by atoms with Crippen LogP contribution in [0.5, 0.6) is 0 Å². The Morgan fingerprint density at radius 2 is 2.00 bits per heavy atom. The fraction of sp³-hybridized carbons (Fsp3) is 0.462. The summed E-state index contributed by atoms with van der Waals surface area (Å²) in [6.07, 6.45) is 1.26. The summed E-state index contributed by atoms with van der Waals surface area (Å²) in [6, 6.07) is 7.27. The molecule has 2 N–H and O–H groups in total. The Balaban J connectivity index is 2.43. The number of nitrogens with two attached hydrogens (primary N) is 1. The van der Waals surface area contributed by atoms with Crippen molar-refractivity contribution in [2.45, 2.75) is 19.8 Å². The quantitative estimate of drug-likeness (QED) is 0.607. The molecule has 0 spiro atoms. The Bertz CT molecular complexity index is 349. The molecule has 4 heteroatoms. The zero-order chi connectivity index (χ0) is 12.7. The highest BCUT2D eigenvalue weighted by molar-refractivity contribution is 5.92. The van der Waals surface area contributed by atoms with Crippen LogP contribution in [0.3, 0.4) is 0 Å². The van der Waals surface area contributed by atoms with Gasteiger partial charge in [-0.3, -0.25) is 4.79 Å². The van der Waals surface area contributed by atoms with E-state index in [0.29, 0.717) is 25.3 Å². The van der Waals surface area contributed by atoms with Crippen molar-refractivity contribution in [3.8, 4) is 0 Å². The molecule has 1 rings (SSSR count). The number of nitrogen functional groups attached to an aromatic ring is 1. The van der Waals surface area contributed by atoms with E-state index in [1.807, 2.05) is 19.1 Å². The first kappa shape index (κ1) is 13.5. The maximum Gasteiger partial charge on any atom is 0.226 e. The molecule has 1 aromatic rings. The molecule has 0 fully saturated rings. The lowest BCUT2D eigenvalue weighted by molar-refractivity contribution is -0.118. The maximum atomic E-state index is 11.8. The van der Waals surface area contributed by atoms with Crippen molar-refractivity contribution < 1.29 is 9.53 Å². The molecule has 0 saturated heterocycles. The molecule has 0 atom stereocenters. The summed E-state index contributed by atoms with van der Waals surface area (Å²) in [6.45, 7) is 3.28. The van der Waals surface area contributed by atoms with Crippen molar-refractivity contribution in [1.82, 2.24) is 0 Å². The van der Waals surface area contributed by atoms with Crippen LogP contribution in [0, 0.1) is 0 Å². The first-order valence-electron chi connectivity index (χ1n) is 5.85. The summed E-state index contributed by atoms with van der Waals surface area (Å²) < 4.78 is 5.20. The van der Waals surface area contributed by atoms with Gasteiger partial charge >= 0.3 is 0 Å². The van der Waals surface area contributed by atoms with Gasteiger partial charge in [-0.15, -0.1) is 0 Å². The summed E-state index contributed by atoms with van der Waals surface area (Å²) in [5.74, 6) is 0.0921. The fourth-order valence-corrected chi connectivity index (χ4v) is 1.48. The van der Waals surface area contributed by atoms with Crippen molar-refractivity contribution in [1.29, 1.82) is 0 Å². The minimum atomic E-state index is 0.0921. The number of hydrogen-bond donors (Lipinski definition) is 1. The second kappa shape index (κ2) is 6.91. The van der Waals surface area contributed by atoms with Crippen LogP contribution < -0.4 is 10.6 Å². The summed E-state index contributed by atoms with van der Waals surface area (Å²) >= 11 is 0. The van der Waals surface area contributed by atoms with Crippen LogP contribution >= 0.6 is 0 Å². The molecule has 4 nitrogen and oxygen atoms in total. The van der Waals surface area contributed by atoms with Gasteiger partial charge in [-0.1, -0.05) is 0 Å². The van der Waals surface area contributed by atoms with Crippen LogP contribution in [0.4, 0.5) is 11.4 Å². The zero-order valence-electron chi connectivity index (χ0n) is 10.5. The zero-order valence-corrected chi connectivity index (χ0v) is 10.5. The van der Waals surface area contributed by atoms with Gasteiger partial charge in [0.25, 0.3) is 0 Å². The molecule has 0 aliphatic rings. The molecule has 94 valence electrons. The van der Waals surface area contributed by atoms with Crippen LogP contribution in [-0.2, 0) is 9.53 Å². The van der Waals surface area contributed by atoms with Crippen LogP contribution in [-0.4, -0.2) is 26.2 Å². The number of ether oxygens (including phenoxy) is 1. The SMILES string of the molecule is CCOCCCC(=O)N(C)c1ccc(N)cc1. The fourth-order valence-electron chi connectivity index (χ4n) is 1.48. The Morgan fingerprint density at radius 3 is 2.59 bits per heavy atom. The Labute approximate surface area is 102 Å². The molecule has 0 aromatic heterocycles. The van der Waals surface area contributed by atoms with Gasteiger partial charge in [0.2, 0.25) is 5.91 Å². The number of rotatable bonds is 6. The highest BCUT2D eigenvalue weighted by Crippen LogP contribution is 2.15. The third kappa shape index (κ3) is 4.44. The third-order valence-electron chi connectivity index (χ3n) is 2.54. The van der Waals surface area contributed by atoms with Crippen LogP contribution in [0.15, 0.2) is 24.3 Å². The highest BCUT2D eigenvalue weighted by atomic mass is 16.5. The minimum absolute atomic E-state index is 0.0921. The van der Waals surface area contributed by atoms with Crippen molar-refractivity contribution >= 4 is 17.3 Å². The highest BCUT2D eigenvalue weighted by Gasteiger charge is 2.09. The lowest BCUT2D eigenvalue weighted by Gasteiger charge is -2.17. The number of amides is 1. The van der Waals surface area contributed by atoms with E-state index >= 15 is 0 Å². The smallest absolute Gasteiger partial charge is 0.226 e. The predicted octanol–water partition coefficient (Wildman–Crippen LogP) is 2.05. The Morgan fingerprint density at radius 1 is 1.35 bits per heavy atom. The van der Waals surface area contributed by atoms with Gasteiger partial charge in [0.15, 0.2) is 0 Å². The van der Waals surface area contributed by atoms with Crippen molar-refractivity contribution in [2.24, 2.45) is 0 Å². The van der Waals surface area contributed by atoms with E-state index in [4.69, 9.17) is 10.5 Å². The maximum absolute atomic E-state index is 11.8. The first-order chi connectivity index (χ1) is 8.15. The molecule has 0 radical (unpaired) electrons. The summed E-state index contributed by atoms with van der Waals surface area (Å²) in [5, 5.41) is 0. The van der Waals surface area contributed by atoms with E-state index in [9.17, 15) is 4.79 Å². The van der Waals surface area contributed by atoms with Gasteiger partial charge in [0, 0.05) is 38.1 Å². The summed E-state index contributed by atoms with van der Waals surface area (Å²) in [4.78, 5) is 13.5. The predicted molar refractivity (Wildman–Crippen MR) is 70.0 cm³/mol. The lowest BCUT2D eigenvalue weighted by Crippen LogP contribution is -2.26. The monoisotopic (exact) mass is 236 g/mol. The second-order valence-electron chi connectivity index (χ2n) is 3.84. The van der Waals surface area contributed by atoms with Crippen LogP contribution in [0.2, 0.25) is 0 Å². The molecule has 0 aliphatic carbocycles. The third-order valence-corrected chi connectivity index (χ3v) is 2.54. The molecular formula is C13H20N2O2. The first-order valence-corrected chi connectivity index (χ1v) is 5.85. The van der Waals surface area contributed by atoms with Gasteiger partial charge in [-0.25, -0.2) is 0 Å². The molecule has 0 unspecified atom stereocenters. The average Bonchev–Trinajstić information content (AvgIpc) is 2.34. The number of nitrogens with zero attached hydrogens (tertiary/aromatic N) is 1. The molecular weight excluding hydrogens is 216 g/mol. The van der Waals surface area contributed by atoms with Gasteiger partial charge in [0.05, 0.1) is 0 Å². The summed E-state index contributed by atoms with van der Waals surface area (Å²) in [5.41, 5.74) is 7.16. The standard InChI is InChI=1S/C13H20N2O2/c1-3-17-10-4-5-13(16)15(2)12-8-6-11(14)7-9-12/h6-9H,3-5,10,14H2,1-2H3. The normalized spacial score (nSPS) is 10.2. The summed E-state index contributed by atoms with van der Waals surface area (Å²) in [7, 11) is 1.77. The second-order valence-corrected chi connectivity index (χ2v) is 3.84. The Hall–Kier alpha value is -1.55. The number of carbonyl (C=O) groups is 1. The molecule has 1 aromatic carbocycles. The molecule has 0 aliphatic heterocycles. The van der Waals surface area contributed by atoms with Gasteiger partial charge in [-0.2, -0.15) is 0 Å². The van der Waals surface area contributed by atoms with E-state index in [1.165, 1.54) is 0 Å². The van der Waals surface area contributed by atoms with Crippen molar-refractivity contribution in [3.63, 3.8) is 0 Å². The lowest BCUT2D eigenvalue weighted by atomic mass is 10.2.